The standard InChI is InChI=1S/C11H10ClNO2/c1-13-11(14)4-7-6-15-10-3-2-8(12)5-9(7)10/h2-3,5-6H,4H2,1H3,(H,13,14). The third-order valence-corrected chi connectivity index (χ3v) is 2.48. The number of amides is 1. The van der Waals surface area contributed by atoms with Gasteiger partial charge in [0.15, 0.2) is 0 Å². The molecule has 2 rings (SSSR count). The lowest BCUT2D eigenvalue weighted by molar-refractivity contribution is -0.119. The van der Waals surface area contributed by atoms with E-state index in [0.29, 0.717) is 11.4 Å². The Morgan fingerprint density at radius 2 is 2.33 bits per heavy atom. The average molecular weight is 224 g/mol. The highest BCUT2D eigenvalue weighted by atomic mass is 35.5. The molecule has 1 heterocycles. The van der Waals surface area contributed by atoms with E-state index >= 15 is 0 Å². The first-order chi connectivity index (χ1) is 7.20. The summed E-state index contributed by atoms with van der Waals surface area (Å²) >= 11 is 5.88. The van der Waals surface area contributed by atoms with Crippen LogP contribution >= 0.6 is 11.6 Å². The van der Waals surface area contributed by atoms with Crippen molar-refractivity contribution in [2.75, 3.05) is 7.05 Å². The Kier molecular flexibility index (Phi) is 2.64. The number of rotatable bonds is 2. The molecular formula is C11H10ClNO2. The highest BCUT2D eigenvalue weighted by molar-refractivity contribution is 6.31. The molecular weight excluding hydrogens is 214 g/mol. The lowest BCUT2D eigenvalue weighted by Crippen LogP contribution is -2.19. The minimum atomic E-state index is -0.0438. The van der Waals surface area contributed by atoms with Gasteiger partial charge in [-0.05, 0) is 18.2 Å². The summed E-state index contributed by atoms with van der Waals surface area (Å²) in [7, 11) is 1.61. The van der Waals surface area contributed by atoms with Gasteiger partial charge in [0.05, 0.1) is 12.7 Å². The molecule has 1 amide bonds. The minimum absolute atomic E-state index is 0.0438. The van der Waals surface area contributed by atoms with E-state index in [4.69, 9.17) is 16.0 Å². The normalized spacial score (nSPS) is 10.5. The molecule has 0 radical (unpaired) electrons. The highest BCUT2D eigenvalue weighted by Crippen LogP contribution is 2.24. The predicted octanol–water partition coefficient (Wildman–Crippen LogP) is 2.37. The molecule has 1 N–H and O–H groups in total. The molecule has 3 nitrogen and oxygen atoms in total. The fourth-order valence-corrected chi connectivity index (χ4v) is 1.62. The second-order valence-corrected chi connectivity index (χ2v) is 3.69. The van der Waals surface area contributed by atoms with Crippen LogP contribution in [-0.4, -0.2) is 13.0 Å². The van der Waals surface area contributed by atoms with Crippen molar-refractivity contribution in [3.8, 4) is 0 Å². The van der Waals surface area contributed by atoms with Gasteiger partial charge in [-0.1, -0.05) is 11.6 Å². The summed E-state index contributed by atoms with van der Waals surface area (Å²) in [5.41, 5.74) is 1.60. The van der Waals surface area contributed by atoms with Crippen molar-refractivity contribution >= 4 is 28.5 Å². The van der Waals surface area contributed by atoms with Crippen molar-refractivity contribution in [3.05, 3.63) is 35.0 Å². The van der Waals surface area contributed by atoms with Crippen LogP contribution in [0.1, 0.15) is 5.56 Å². The molecule has 0 atom stereocenters. The number of fused-ring (bicyclic) bond motifs is 1. The number of hydrogen-bond acceptors (Lipinski definition) is 2. The molecule has 0 aliphatic heterocycles. The largest absolute Gasteiger partial charge is 0.464 e. The van der Waals surface area contributed by atoms with Crippen LogP contribution in [-0.2, 0) is 11.2 Å². The van der Waals surface area contributed by atoms with Crippen molar-refractivity contribution in [1.29, 1.82) is 0 Å². The predicted molar refractivity (Wildman–Crippen MR) is 59.0 cm³/mol. The maximum absolute atomic E-state index is 11.2. The maximum atomic E-state index is 11.2. The van der Waals surface area contributed by atoms with Crippen LogP contribution in [0.25, 0.3) is 11.0 Å². The molecule has 0 spiro atoms. The lowest BCUT2D eigenvalue weighted by atomic mass is 10.1. The number of nitrogens with one attached hydrogen (secondary N) is 1. The summed E-state index contributed by atoms with van der Waals surface area (Å²) in [4.78, 5) is 11.2. The average Bonchev–Trinajstić information content (AvgIpc) is 2.61. The number of carbonyl (C=O) groups excluding carboxylic acids is 1. The van der Waals surface area contributed by atoms with Crippen LogP contribution in [0.2, 0.25) is 5.02 Å². The van der Waals surface area contributed by atoms with Crippen molar-refractivity contribution in [1.82, 2.24) is 5.32 Å². The number of likely N-dealkylation sites (N-methyl/N-ethyl adjacent to an activating group) is 1. The van der Waals surface area contributed by atoms with Gasteiger partial charge in [0.25, 0.3) is 0 Å². The van der Waals surface area contributed by atoms with Crippen LogP contribution in [0, 0.1) is 0 Å². The molecule has 0 saturated heterocycles. The maximum Gasteiger partial charge on any atom is 0.224 e. The van der Waals surface area contributed by atoms with Gasteiger partial charge in [-0.3, -0.25) is 4.79 Å². The van der Waals surface area contributed by atoms with Gasteiger partial charge in [-0.15, -0.1) is 0 Å². The summed E-state index contributed by atoms with van der Waals surface area (Å²) in [6, 6.07) is 5.36. The van der Waals surface area contributed by atoms with Crippen LogP contribution in [0.4, 0.5) is 0 Å². The van der Waals surface area contributed by atoms with E-state index in [1.165, 1.54) is 0 Å². The molecule has 15 heavy (non-hydrogen) atoms. The number of carbonyl (C=O) groups is 1. The van der Waals surface area contributed by atoms with Crippen molar-refractivity contribution in [3.63, 3.8) is 0 Å². The third-order valence-electron chi connectivity index (χ3n) is 2.25. The van der Waals surface area contributed by atoms with Gasteiger partial charge >= 0.3 is 0 Å². The third kappa shape index (κ3) is 1.97. The summed E-state index contributed by atoms with van der Waals surface area (Å²) in [6.07, 6.45) is 1.90. The molecule has 1 aromatic heterocycles. The van der Waals surface area contributed by atoms with Gasteiger partial charge in [-0.2, -0.15) is 0 Å². The molecule has 0 bridgehead atoms. The molecule has 0 aliphatic carbocycles. The van der Waals surface area contributed by atoms with Gasteiger partial charge in [0.1, 0.15) is 5.58 Å². The summed E-state index contributed by atoms with van der Waals surface area (Å²) in [6.45, 7) is 0. The second kappa shape index (κ2) is 3.95. The molecule has 0 fully saturated rings. The van der Waals surface area contributed by atoms with E-state index in [1.54, 1.807) is 31.5 Å². The van der Waals surface area contributed by atoms with Crippen molar-refractivity contribution in [2.45, 2.75) is 6.42 Å². The number of halogens is 1. The van der Waals surface area contributed by atoms with E-state index in [1.807, 2.05) is 0 Å². The van der Waals surface area contributed by atoms with Crippen molar-refractivity contribution in [2.24, 2.45) is 0 Å². The first kappa shape index (κ1) is 10.1. The Morgan fingerprint density at radius 3 is 3.07 bits per heavy atom. The Bertz CT molecular complexity index is 504. The molecule has 0 aliphatic rings. The molecule has 4 heteroatoms. The van der Waals surface area contributed by atoms with Crippen molar-refractivity contribution < 1.29 is 9.21 Å². The fraction of sp³-hybridized carbons (Fsp3) is 0.182. The molecule has 1 aromatic carbocycles. The summed E-state index contributed by atoms with van der Waals surface area (Å²) in [5.74, 6) is -0.0438. The number of hydrogen-bond donors (Lipinski definition) is 1. The fourth-order valence-electron chi connectivity index (χ4n) is 1.45. The van der Waals surface area contributed by atoms with Gasteiger partial charge < -0.3 is 9.73 Å². The molecule has 78 valence electrons. The van der Waals surface area contributed by atoms with Gasteiger partial charge in [0, 0.05) is 23.0 Å². The Morgan fingerprint density at radius 1 is 1.53 bits per heavy atom. The van der Waals surface area contributed by atoms with Crippen LogP contribution in [0.3, 0.4) is 0 Å². The summed E-state index contributed by atoms with van der Waals surface area (Å²) in [5, 5.41) is 4.10. The topological polar surface area (TPSA) is 42.2 Å². The van der Waals surface area contributed by atoms with E-state index < -0.39 is 0 Å². The quantitative estimate of drug-likeness (QED) is 0.850. The van der Waals surface area contributed by atoms with Crippen LogP contribution < -0.4 is 5.32 Å². The van der Waals surface area contributed by atoms with Crippen LogP contribution in [0.15, 0.2) is 28.9 Å². The lowest BCUT2D eigenvalue weighted by Gasteiger charge is -1.97. The first-order valence-corrected chi connectivity index (χ1v) is 4.94. The Labute approximate surface area is 92.0 Å². The van der Waals surface area contributed by atoms with Gasteiger partial charge in [-0.25, -0.2) is 0 Å². The zero-order valence-corrected chi connectivity index (χ0v) is 8.97. The first-order valence-electron chi connectivity index (χ1n) is 4.57. The van der Waals surface area contributed by atoms with E-state index in [0.717, 1.165) is 16.5 Å². The van der Waals surface area contributed by atoms with E-state index in [2.05, 4.69) is 5.32 Å². The van der Waals surface area contributed by atoms with E-state index in [-0.39, 0.29) is 5.91 Å². The number of furan rings is 1. The molecule has 0 saturated carbocycles. The zero-order chi connectivity index (χ0) is 10.8. The van der Waals surface area contributed by atoms with Gasteiger partial charge in [0.2, 0.25) is 5.91 Å². The Balaban J connectivity index is 2.43. The summed E-state index contributed by atoms with van der Waals surface area (Å²) < 4.78 is 5.31. The monoisotopic (exact) mass is 223 g/mol. The van der Waals surface area contributed by atoms with Crippen LogP contribution in [0.5, 0.6) is 0 Å². The smallest absolute Gasteiger partial charge is 0.224 e. The Hall–Kier alpha value is -1.48. The highest BCUT2D eigenvalue weighted by Gasteiger charge is 2.09. The SMILES string of the molecule is CNC(=O)Cc1coc2ccc(Cl)cc12. The van der Waals surface area contributed by atoms with E-state index in [9.17, 15) is 4.79 Å². The minimum Gasteiger partial charge on any atom is -0.464 e. The molecule has 2 aromatic rings. The second-order valence-electron chi connectivity index (χ2n) is 3.25. The zero-order valence-electron chi connectivity index (χ0n) is 8.21. The number of benzene rings is 1. The molecule has 0 unspecified atom stereocenters.